The van der Waals surface area contributed by atoms with Gasteiger partial charge in [0.15, 0.2) is 0 Å². The zero-order valence-electron chi connectivity index (χ0n) is 17.5. The van der Waals surface area contributed by atoms with Crippen LogP contribution in [0.2, 0.25) is 0 Å². The molecular weight excluding hydrogens is 431 g/mol. The van der Waals surface area contributed by atoms with Crippen LogP contribution in [-0.2, 0) is 20.9 Å². The summed E-state index contributed by atoms with van der Waals surface area (Å²) in [4.78, 5) is 3.34. The lowest BCUT2D eigenvalue weighted by atomic mass is 9.61. The number of ether oxygens (including phenoxy) is 1. The van der Waals surface area contributed by atoms with E-state index >= 15 is 0 Å². The lowest BCUT2D eigenvalue weighted by molar-refractivity contribution is -0.141. The maximum Gasteiger partial charge on any atom is 0.433 e. The molecule has 3 heterocycles. The van der Waals surface area contributed by atoms with E-state index in [9.17, 15) is 21.6 Å². The first-order valence-corrected chi connectivity index (χ1v) is 12.4. The first kappa shape index (κ1) is 21.6. The molecule has 0 atom stereocenters. The van der Waals surface area contributed by atoms with Gasteiger partial charge in [-0.05, 0) is 63.5 Å². The molecule has 6 nitrogen and oxygen atoms in total. The number of pyridine rings is 1. The molecule has 1 aromatic rings. The summed E-state index contributed by atoms with van der Waals surface area (Å²) in [5.41, 5.74) is -0.926. The van der Waals surface area contributed by atoms with Gasteiger partial charge in [0, 0.05) is 43.3 Å². The number of aryl methyl sites for hydroxylation is 1. The fourth-order valence-electron chi connectivity index (χ4n) is 5.80. The highest BCUT2D eigenvalue weighted by Crippen LogP contribution is 2.54. The van der Waals surface area contributed by atoms with Gasteiger partial charge in [-0.25, -0.2) is 13.4 Å². The Morgan fingerprint density at radius 2 is 1.81 bits per heavy atom. The highest BCUT2D eigenvalue weighted by atomic mass is 32.2. The Labute approximate surface area is 180 Å². The van der Waals surface area contributed by atoms with Crippen LogP contribution in [0.15, 0.2) is 17.0 Å². The van der Waals surface area contributed by atoms with Crippen molar-refractivity contribution >= 4 is 10.0 Å². The minimum atomic E-state index is -4.59. The molecule has 1 aromatic heterocycles. The van der Waals surface area contributed by atoms with Crippen molar-refractivity contribution in [3.8, 4) is 0 Å². The number of hydrogen-bond donors (Lipinski definition) is 1. The summed E-state index contributed by atoms with van der Waals surface area (Å²) < 4.78 is 71.2. The molecule has 2 saturated carbocycles. The van der Waals surface area contributed by atoms with Crippen molar-refractivity contribution < 1.29 is 26.3 Å². The zero-order chi connectivity index (χ0) is 22.1. The highest BCUT2D eigenvalue weighted by Gasteiger charge is 2.59. The number of rotatable bonds is 5. The second-order valence-corrected chi connectivity index (χ2v) is 11.7. The predicted octanol–water partition coefficient (Wildman–Crippen LogP) is 3.11. The Morgan fingerprint density at radius 1 is 1.16 bits per heavy atom. The van der Waals surface area contributed by atoms with Crippen molar-refractivity contribution in [3.05, 3.63) is 23.5 Å². The third-order valence-electron chi connectivity index (χ3n) is 7.61. The summed E-state index contributed by atoms with van der Waals surface area (Å²) >= 11 is 0. The van der Waals surface area contributed by atoms with Gasteiger partial charge in [0.1, 0.15) is 10.6 Å². The number of nitrogens with zero attached hydrogens (tertiary/aromatic N) is 2. The van der Waals surface area contributed by atoms with E-state index < -0.39 is 21.9 Å². The number of halogens is 3. The molecule has 2 aliphatic carbocycles. The third-order valence-corrected chi connectivity index (χ3v) is 9.54. The second-order valence-electron chi connectivity index (χ2n) is 9.84. The molecule has 1 spiro atoms. The first-order chi connectivity index (χ1) is 14.5. The van der Waals surface area contributed by atoms with Crippen LogP contribution in [0.1, 0.15) is 49.9 Å². The number of nitrogens with one attached hydrogen (secondary N) is 1. The summed E-state index contributed by atoms with van der Waals surface area (Å²) in [6, 6.07) is 2.19. The Balaban J connectivity index is 1.18. The lowest BCUT2D eigenvalue weighted by Gasteiger charge is -2.59. The van der Waals surface area contributed by atoms with Gasteiger partial charge in [0.2, 0.25) is 10.0 Å². The van der Waals surface area contributed by atoms with Gasteiger partial charge < -0.3 is 10.1 Å². The molecule has 0 amide bonds. The quantitative estimate of drug-likeness (QED) is 0.733. The number of hydrogen-bond acceptors (Lipinski definition) is 5. The van der Waals surface area contributed by atoms with E-state index in [0.29, 0.717) is 25.0 Å². The van der Waals surface area contributed by atoms with Crippen LogP contribution >= 0.6 is 0 Å². The SMILES string of the molecule is Cc1nc(C(F)(F)F)ccc1S(=O)(=O)N1CC2(CC(NC3(C4CCOCC4)CC3)C2)C1. The second kappa shape index (κ2) is 7.13. The van der Waals surface area contributed by atoms with Gasteiger partial charge in [-0.1, -0.05) is 0 Å². The van der Waals surface area contributed by atoms with Crippen molar-refractivity contribution in [3.63, 3.8) is 0 Å². The zero-order valence-corrected chi connectivity index (χ0v) is 18.4. The van der Waals surface area contributed by atoms with Crippen LogP contribution in [0.5, 0.6) is 0 Å². The molecule has 0 unspecified atom stereocenters. The smallest absolute Gasteiger partial charge is 0.381 e. The predicted molar refractivity (Wildman–Crippen MR) is 107 cm³/mol. The van der Waals surface area contributed by atoms with E-state index in [4.69, 9.17) is 4.74 Å². The lowest BCUT2D eigenvalue weighted by Crippen LogP contribution is -2.68. The van der Waals surface area contributed by atoms with Crippen LogP contribution < -0.4 is 5.32 Å². The maximum atomic E-state index is 12.9. The topological polar surface area (TPSA) is 71.5 Å². The number of aromatic nitrogens is 1. The summed E-state index contributed by atoms with van der Waals surface area (Å²) in [6.07, 6.45) is 1.95. The monoisotopic (exact) mass is 459 g/mol. The van der Waals surface area contributed by atoms with E-state index in [1.165, 1.54) is 24.1 Å². The Kier molecular flexibility index (Phi) is 4.97. The van der Waals surface area contributed by atoms with Gasteiger partial charge in [-0.15, -0.1) is 0 Å². The number of alkyl halides is 3. The van der Waals surface area contributed by atoms with E-state index in [-0.39, 0.29) is 21.5 Å². The van der Waals surface area contributed by atoms with Gasteiger partial charge in [-0.2, -0.15) is 17.5 Å². The van der Waals surface area contributed by atoms with Gasteiger partial charge in [0.05, 0.1) is 5.69 Å². The molecule has 31 heavy (non-hydrogen) atoms. The molecule has 5 rings (SSSR count). The molecule has 172 valence electrons. The van der Waals surface area contributed by atoms with Crippen LogP contribution in [0.3, 0.4) is 0 Å². The molecule has 10 heteroatoms. The molecular formula is C21H28F3N3O3S. The summed E-state index contributed by atoms with van der Waals surface area (Å²) in [5.74, 6) is 0.672. The van der Waals surface area contributed by atoms with Crippen LogP contribution in [-0.4, -0.2) is 55.6 Å². The average Bonchev–Trinajstić information content (AvgIpc) is 3.43. The van der Waals surface area contributed by atoms with E-state index in [2.05, 4.69) is 10.3 Å². The maximum absolute atomic E-state index is 12.9. The van der Waals surface area contributed by atoms with Crippen LogP contribution in [0, 0.1) is 18.3 Å². The van der Waals surface area contributed by atoms with E-state index in [1.807, 2.05) is 0 Å². The van der Waals surface area contributed by atoms with Crippen molar-refractivity contribution in [2.24, 2.45) is 11.3 Å². The molecule has 0 bridgehead atoms. The fraction of sp³-hybridized carbons (Fsp3) is 0.762. The normalized spacial score (nSPS) is 26.5. The Morgan fingerprint density at radius 3 is 2.35 bits per heavy atom. The molecule has 0 aromatic carbocycles. The minimum Gasteiger partial charge on any atom is -0.381 e. The fourth-order valence-corrected chi connectivity index (χ4v) is 7.62. The summed E-state index contributed by atoms with van der Waals surface area (Å²) in [5, 5.41) is 3.87. The standard InChI is InChI=1S/C21H28F3N3O3S/c1-14-17(2-3-18(25-14)21(22,23)24)31(28,29)27-12-19(13-27)10-16(11-19)26-20(6-7-20)15-4-8-30-9-5-15/h2-3,15-16,26H,4-13H2,1H3. The molecule has 2 aliphatic heterocycles. The summed E-state index contributed by atoms with van der Waals surface area (Å²) in [7, 11) is -3.83. The third kappa shape index (κ3) is 3.79. The summed E-state index contributed by atoms with van der Waals surface area (Å²) in [6.45, 7) is 3.85. The molecule has 4 aliphatic rings. The Hall–Kier alpha value is -1.23. The van der Waals surface area contributed by atoms with Crippen LogP contribution in [0.25, 0.3) is 0 Å². The van der Waals surface area contributed by atoms with Crippen LogP contribution in [0.4, 0.5) is 13.2 Å². The van der Waals surface area contributed by atoms with E-state index in [1.54, 1.807) is 0 Å². The van der Waals surface area contributed by atoms with Gasteiger partial charge in [0.25, 0.3) is 0 Å². The minimum absolute atomic E-state index is 0.00371. The van der Waals surface area contributed by atoms with Crippen molar-refractivity contribution in [2.45, 2.75) is 68.1 Å². The first-order valence-electron chi connectivity index (χ1n) is 10.9. The number of sulfonamides is 1. The van der Waals surface area contributed by atoms with Crippen molar-refractivity contribution in [2.75, 3.05) is 26.3 Å². The molecule has 0 radical (unpaired) electrons. The van der Waals surface area contributed by atoms with Gasteiger partial charge in [-0.3, -0.25) is 0 Å². The van der Waals surface area contributed by atoms with E-state index in [0.717, 1.165) is 51.0 Å². The highest BCUT2D eigenvalue weighted by molar-refractivity contribution is 7.89. The molecule has 1 N–H and O–H groups in total. The molecule has 2 saturated heterocycles. The van der Waals surface area contributed by atoms with Gasteiger partial charge >= 0.3 is 6.18 Å². The largest absolute Gasteiger partial charge is 0.433 e. The van der Waals surface area contributed by atoms with Crippen molar-refractivity contribution in [1.29, 1.82) is 0 Å². The Bertz CT molecular complexity index is 958. The molecule has 4 fully saturated rings. The average molecular weight is 460 g/mol. The van der Waals surface area contributed by atoms with Crippen molar-refractivity contribution in [1.82, 2.24) is 14.6 Å².